The van der Waals surface area contributed by atoms with Crippen molar-refractivity contribution in [1.82, 2.24) is 5.32 Å². The second-order valence-corrected chi connectivity index (χ2v) is 8.99. The molecule has 0 radical (unpaired) electrons. The van der Waals surface area contributed by atoms with Gasteiger partial charge >= 0.3 is 0 Å². The lowest BCUT2D eigenvalue weighted by Crippen LogP contribution is -2.32. The number of aliphatic hydroxyl groups excluding tert-OH is 1. The third-order valence-corrected chi connectivity index (χ3v) is 6.95. The van der Waals surface area contributed by atoms with Crippen LogP contribution in [0.25, 0.3) is 0 Å². The maximum atomic E-state index is 12.2. The van der Waals surface area contributed by atoms with E-state index in [9.17, 15) is 13.5 Å². The average Bonchev–Trinajstić information content (AvgIpc) is 3.21. The number of thiophene rings is 1. The molecule has 0 bridgehead atoms. The molecular formula is C18H25N3O5S2. The average molecular weight is 428 g/mol. The molecule has 0 aliphatic carbocycles. The molecule has 1 heterocycles. The molecule has 28 heavy (non-hydrogen) atoms. The summed E-state index contributed by atoms with van der Waals surface area (Å²) in [5.41, 5.74) is 0.707. The Kier molecular flexibility index (Phi) is 8.09. The molecular weight excluding hydrogens is 402 g/mol. The van der Waals surface area contributed by atoms with E-state index in [4.69, 9.17) is 9.47 Å². The summed E-state index contributed by atoms with van der Waals surface area (Å²) in [6.45, 7) is 2.44. The first-order valence-corrected chi connectivity index (χ1v) is 11.1. The van der Waals surface area contributed by atoms with Gasteiger partial charge < -0.3 is 25.2 Å². The van der Waals surface area contributed by atoms with E-state index in [1.54, 1.807) is 43.9 Å². The lowest BCUT2D eigenvalue weighted by atomic mass is 10.3. The highest BCUT2D eigenvalue weighted by atomic mass is 32.2. The fraction of sp³-hybridized carbons (Fsp3) is 0.389. The van der Waals surface area contributed by atoms with Crippen molar-refractivity contribution < 1.29 is 23.0 Å². The minimum Gasteiger partial charge on any atom is -0.493 e. The molecule has 154 valence electrons. The van der Waals surface area contributed by atoms with E-state index in [-0.39, 0.29) is 16.5 Å². The molecule has 0 saturated heterocycles. The molecule has 1 aromatic carbocycles. The van der Waals surface area contributed by atoms with E-state index in [0.29, 0.717) is 29.7 Å². The second kappa shape index (κ2) is 10.3. The lowest BCUT2D eigenvalue weighted by molar-refractivity contribution is 0.206. The van der Waals surface area contributed by atoms with Crippen molar-refractivity contribution in [3.63, 3.8) is 0 Å². The zero-order valence-electron chi connectivity index (χ0n) is 16.0. The number of nitrogens with zero attached hydrogens (tertiary/aromatic N) is 1. The molecule has 2 rings (SSSR count). The highest BCUT2D eigenvalue weighted by Gasteiger charge is 2.20. The van der Waals surface area contributed by atoms with E-state index in [2.05, 4.69) is 15.6 Å². The minimum atomic E-state index is -3.52. The number of anilines is 1. The smallest absolute Gasteiger partial charge is 0.195 e. The van der Waals surface area contributed by atoms with Gasteiger partial charge in [-0.3, -0.25) is 4.99 Å². The SMILES string of the molecule is CCNC(=NCC(O)CS(=O)(=O)c1cccs1)Nc1ccc(OC)c(OC)c1. The number of guanidine groups is 1. The molecule has 0 aliphatic rings. The topological polar surface area (TPSA) is 109 Å². The number of methoxy groups -OCH3 is 2. The van der Waals surface area contributed by atoms with Gasteiger partial charge in [-0.1, -0.05) is 6.07 Å². The summed E-state index contributed by atoms with van der Waals surface area (Å²) in [5.74, 6) is 1.20. The summed E-state index contributed by atoms with van der Waals surface area (Å²) >= 11 is 1.13. The van der Waals surface area contributed by atoms with Crippen LogP contribution in [0.15, 0.2) is 44.9 Å². The highest BCUT2D eigenvalue weighted by molar-refractivity contribution is 7.93. The van der Waals surface area contributed by atoms with E-state index >= 15 is 0 Å². The van der Waals surface area contributed by atoms with E-state index in [1.807, 2.05) is 6.92 Å². The van der Waals surface area contributed by atoms with Gasteiger partial charge in [0, 0.05) is 18.3 Å². The van der Waals surface area contributed by atoms with Gasteiger partial charge in [0.1, 0.15) is 4.21 Å². The number of rotatable bonds is 9. The zero-order chi connectivity index (χ0) is 20.6. The molecule has 0 spiro atoms. The van der Waals surface area contributed by atoms with Gasteiger partial charge in [-0.15, -0.1) is 11.3 Å². The first-order valence-electron chi connectivity index (χ1n) is 8.61. The highest BCUT2D eigenvalue weighted by Crippen LogP contribution is 2.29. The molecule has 0 saturated carbocycles. The number of benzene rings is 1. The Morgan fingerprint density at radius 3 is 2.61 bits per heavy atom. The third-order valence-electron chi connectivity index (χ3n) is 3.66. The van der Waals surface area contributed by atoms with Crippen LogP contribution in [0.3, 0.4) is 0 Å². The van der Waals surface area contributed by atoms with Gasteiger partial charge in [0.2, 0.25) is 0 Å². The number of hydrogen-bond acceptors (Lipinski definition) is 7. The van der Waals surface area contributed by atoms with E-state index < -0.39 is 15.9 Å². The summed E-state index contributed by atoms with van der Waals surface area (Å²) in [7, 11) is -0.419. The Balaban J connectivity index is 2.05. The second-order valence-electron chi connectivity index (χ2n) is 5.78. The third kappa shape index (κ3) is 6.11. The summed E-state index contributed by atoms with van der Waals surface area (Å²) in [6.07, 6.45) is -1.12. The fourth-order valence-electron chi connectivity index (χ4n) is 2.38. The Hall–Kier alpha value is -2.30. The Morgan fingerprint density at radius 2 is 2.00 bits per heavy atom. The predicted octanol–water partition coefficient (Wildman–Crippen LogP) is 1.98. The van der Waals surface area contributed by atoms with Gasteiger partial charge in [-0.25, -0.2) is 8.42 Å². The van der Waals surface area contributed by atoms with Crippen LogP contribution in [-0.4, -0.2) is 58.6 Å². The van der Waals surface area contributed by atoms with Gasteiger partial charge in [0.15, 0.2) is 27.3 Å². The number of sulfone groups is 1. The van der Waals surface area contributed by atoms with Crippen molar-refractivity contribution in [3.05, 3.63) is 35.7 Å². The van der Waals surface area contributed by atoms with Crippen LogP contribution < -0.4 is 20.1 Å². The van der Waals surface area contributed by atoms with Crippen molar-refractivity contribution >= 4 is 32.8 Å². The van der Waals surface area contributed by atoms with E-state index in [0.717, 1.165) is 11.3 Å². The molecule has 10 heteroatoms. The first kappa shape index (κ1) is 22.0. The molecule has 0 fully saturated rings. The molecule has 8 nitrogen and oxygen atoms in total. The maximum absolute atomic E-state index is 12.2. The quantitative estimate of drug-likeness (QED) is 0.415. The summed E-state index contributed by atoms with van der Waals surface area (Å²) in [5, 5.41) is 18.0. The van der Waals surface area contributed by atoms with Crippen LogP contribution >= 0.6 is 11.3 Å². The normalized spacial score (nSPS) is 13.1. The van der Waals surface area contributed by atoms with Crippen molar-refractivity contribution in [1.29, 1.82) is 0 Å². The van der Waals surface area contributed by atoms with Crippen molar-refractivity contribution in [2.45, 2.75) is 17.2 Å². The Bertz CT molecular complexity index is 883. The molecule has 1 atom stereocenters. The van der Waals surface area contributed by atoms with Crippen molar-refractivity contribution in [2.24, 2.45) is 4.99 Å². The van der Waals surface area contributed by atoms with Crippen LogP contribution in [0.1, 0.15) is 6.92 Å². The minimum absolute atomic E-state index is 0.0623. The standard InChI is InChI=1S/C18H25N3O5S2/c1-4-19-18(21-13-7-8-15(25-2)16(10-13)26-3)20-11-14(22)12-28(23,24)17-6-5-9-27-17/h5-10,14,22H,4,11-12H2,1-3H3,(H2,19,20,21). The molecule has 1 unspecified atom stereocenters. The van der Waals surface area contributed by atoms with Gasteiger partial charge in [-0.2, -0.15) is 0 Å². The van der Waals surface area contributed by atoms with Gasteiger partial charge in [0.25, 0.3) is 0 Å². The van der Waals surface area contributed by atoms with E-state index in [1.165, 1.54) is 6.07 Å². The van der Waals surface area contributed by atoms with Crippen LogP contribution in [0.5, 0.6) is 11.5 Å². The molecule has 0 aliphatic heterocycles. The zero-order valence-corrected chi connectivity index (χ0v) is 17.6. The van der Waals surface area contributed by atoms with Crippen molar-refractivity contribution in [2.75, 3.05) is 38.4 Å². The van der Waals surface area contributed by atoms with Crippen LogP contribution in [-0.2, 0) is 9.84 Å². The number of aliphatic hydroxyl groups is 1. The first-order chi connectivity index (χ1) is 13.4. The van der Waals surface area contributed by atoms with Crippen LogP contribution in [0, 0.1) is 0 Å². The van der Waals surface area contributed by atoms with Gasteiger partial charge in [0.05, 0.1) is 32.6 Å². The number of hydrogen-bond donors (Lipinski definition) is 3. The summed E-state index contributed by atoms with van der Waals surface area (Å²) in [6, 6.07) is 8.50. The number of ether oxygens (including phenoxy) is 2. The Labute approximate surface area is 169 Å². The lowest BCUT2D eigenvalue weighted by Gasteiger charge is -2.15. The predicted molar refractivity (Wildman–Crippen MR) is 112 cm³/mol. The van der Waals surface area contributed by atoms with Gasteiger partial charge in [-0.05, 0) is 30.5 Å². The summed E-state index contributed by atoms with van der Waals surface area (Å²) < 4.78 is 35.2. The number of aliphatic imine (C=N–C) groups is 1. The number of nitrogens with one attached hydrogen (secondary N) is 2. The molecule has 3 N–H and O–H groups in total. The van der Waals surface area contributed by atoms with Crippen LogP contribution in [0.2, 0.25) is 0 Å². The largest absolute Gasteiger partial charge is 0.493 e. The summed E-state index contributed by atoms with van der Waals surface area (Å²) in [4.78, 5) is 4.28. The molecule has 2 aromatic rings. The van der Waals surface area contributed by atoms with Crippen molar-refractivity contribution in [3.8, 4) is 11.5 Å². The molecule has 0 amide bonds. The maximum Gasteiger partial charge on any atom is 0.195 e. The Morgan fingerprint density at radius 1 is 1.25 bits per heavy atom. The monoisotopic (exact) mass is 427 g/mol. The fourth-order valence-corrected chi connectivity index (χ4v) is 4.85. The molecule has 1 aromatic heterocycles. The van der Waals surface area contributed by atoms with Crippen LogP contribution in [0.4, 0.5) is 5.69 Å².